The molecule has 0 spiro atoms. The largest absolute Gasteiger partial charge is 0.393 e. The van der Waals surface area contributed by atoms with Gasteiger partial charge in [0.15, 0.2) is 0 Å². The Hall–Kier alpha value is -0.830. The maximum atomic E-state index is 9.71. The molecular formula is C13H24N2O. The van der Waals surface area contributed by atoms with Crippen LogP contribution in [0.25, 0.3) is 0 Å². The second kappa shape index (κ2) is 8.34. The predicted molar refractivity (Wildman–Crippen MR) is 66.2 cm³/mol. The van der Waals surface area contributed by atoms with E-state index in [0.29, 0.717) is 0 Å². The zero-order valence-corrected chi connectivity index (χ0v) is 10.3. The lowest BCUT2D eigenvalue weighted by Crippen LogP contribution is -2.06. The van der Waals surface area contributed by atoms with Gasteiger partial charge in [-0.2, -0.15) is 0 Å². The number of aliphatic hydroxyl groups excluding tert-OH is 1. The van der Waals surface area contributed by atoms with Crippen LogP contribution in [0.5, 0.6) is 0 Å². The van der Waals surface area contributed by atoms with Crippen LogP contribution in [0.4, 0.5) is 0 Å². The first-order valence-corrected chi connectivity index (χ1v) is 6.46. The lowest BCUT2D eigenvalue weighted by atomic mass is 10.1. The van der Waals surface area contributed by atoms with Gasteiger partial charge in [-0.15, -0.1) is 0 Å². The van der Waals surface area contributed by atoms with Gasteiger partial charge in [-0.05, 0) is 25.7 Å². The predicted octanol–water partition coefficient (Wildman–Crippen LogP) is 2.99. The van der Waals surface area contributed by atoms with Crippen LogP contribution >= 0.6 is 0 Å². The van der Waals surface area contributed by atoms with E-state index in [0.717, 1.165) is 32.2 Å². The Morgan fingerprint density at radius 3 is 2.56 bits per heavy atom. The summed E-state index contributed by atoms with van der Waals surface area (Å²) in [6, 6.07) is 0. The van der Waals surface area contributed by atoms with Crippen LogP contribution in [-0.2, 0) is 6.54 Å². The molecule has 0 aliphatic heterocycles. The lowest BCUT2D eigenvalue weighted by Gasteiger charge is -2.09. The van der Waals surface area contributed by atoms with Crippen molar-refractivity contribution in [3.63, 3.8) is 0 Å². The van der Waals surface area contributed by atoms with Gasteiger partial charge in [0, 0.05) is 18.9 Å². The number of rotatable bonds is 9. The van der Waals surface area contributed by atoms with Crippen LogP contribution < -0.4 is 0 Å². The summed E-state index contributed by atoms with van der Waals surface area (Å²) < 4.78 is 2.09. The molecule has 1 N–H and O–H groups in total. The number of imidazole rings is 1. The van der Waals surface area contributed by atoms with Crippen molar-refractivity contribution >= 4 is 0 Å². The zero-order chi connectivity index (χ0) is 11.6. The molecule has 0 amide bonds. The first-order valence-electron chi connectivity index (χ1n) is 6.46. The van der Waals surface area contributed by atoms with Crippen molar-refractivity contribution in [2.45, 2.75) is 64.5 Å². The standard InChI is InChI=1S/C13H24N2O/c1-2-3-4-7-13(16)8-5-6-10-15-11-9-14-12-15/h9,11-13,16H,2-8,10H2,1H3/t13-/m1/s1. The van der Waals surface area contributed by atoms with Gasteiger partial charge in [-0.3, -0.25) is 0 Å². The number of aromatic nitrogens is 2. The van der Waals surface area contributed by atoms with Gasteiger partial charge in [0.25, 0.3) is 0 Å². The highest BCUT2D eigenvalue weighted by molar-refractivity contribution is 4.73. The molecule has 0 fully saturated rings. The van der Waals surface area contributed by atoms with E-state index in [1.54, 1.807) is 6.20 Å². The van der Waals surface area contributed by atoms with E-state index in [-0.39, 0.29) is 6.10 Å². The third-order valence-corrected chi connectivity index (χ3v) is 2.90. The minimum absolute atomic E-state index is 0.0886. The summed E-state index contributed by atoms with van der Waals surface area (Å²) in [5, 5.41) is 9.71. The monoisotopic (exact) mass is 224 g/mol. The first-order chi connectivity index (χ1) is 7.83. The molecule has 92 valence electrons. The summed E-state index contributed by atoms with van der Waals surface area (Å²) in [7, 11) is 0. The topological polar surface area (TPSA) is 38.0 Å². The Morgan fingerprint density at radius 1 is 1.19 bits per heavy atom. The van der Waals surface area contributed by atoms with Gasteiger partial charge < -0.3 is 9.67 Å². The molecule has 1 heterocycles. The fourth-order valence-corrected chi connectivity index (χ4v) is 1.87. The van der Waals surface area contributed by atoms with Crippen molar-refractivity contribution in [3.8, 4) is 0 Å². The molecule has 3 heteroatoms. The van der Waals surface area contributed by atoms with E-state index < -0.39 is 0 Å². The average molecular weight is 224 g/mol. The van der Waals surface area contributed by atoms with Crippen molar-refractivity contribution in [1.82, 2.24) is 9.55 Å². The molecule has 1 rings (SSSR count). The molecule has 0 bridgehead atoms. The maximum Gasteiger partial charge on any atom is 0.0945 e. The van der Waals surface area contributed by atoms with E-state index in [9.17, 15) is 5.11 Å². The van der Waals surface area contributed by atoms with Crippen molar-refractivity contribution < 1.29 is 5.11 Å². The van der Waals surface area contributed by atoms with Crippen molar-refractivity contribution in [2.24, 2.45) is 0 Å². The quantitative estimate of drug-likeness (QED) is 0.655. The van der Waals surface area contributed by atoms with Crippen LogP contribution in [-0.4, -0.2) is 20.8 Å². The van der Waals surface area contributed by atoms with Crippen LogP contribution in [0, 0.1) is 0 Å². The number of unbranched alkanes of at least 4 members (excludes halogenated alkanes) is 3. The molecule has 0 aliphatic rings. The second-order valence-corrected chi connectivity index (χ2v) is 4.45. The molecule has 16 heavy (non-hydrogen) atoms. The number of hydrogen-bond acceptors (Lipinski definition) is 2. The number of aryl methyl sites for hydroxylation is 1. The van der Waals surface area contributed by atoms with Gasteiger partial charge >= 0.3 is 0 Å². The third kappa shape index (κ3) is 5.91. The molecule has 0 saturated carbocycles. The minimum Gasteiger partial charge on any atom is -0.393 e. The summed E-state index contributed by atoms with van der Waals surface area (Å²) >= 11 is 0. The van der Waals surface area contributed by atoms with Crippen molar-refractivity contribution in [1.29, 1.82) is 0 Å². The van der Waals surface area contributed by atoms with Crippen molar-refractivity contribution in [3.05, 3.63) is 18.7 Å². The minimum atomic E-state index is -0.0886. The third-order valence-electron chi connectivity index (χ3n) is 2.90. The Kier molecular flexibility index (Phi) is 6.90. The normalized spacial score (nSPS) is 12.9. The lowest BCUT2D eigenvalue weighted by molar-refractivity contribution is 0.147. The fourth-order valence-electron chi connectivity index (χ4n) is 1.87. The fraction of sp³-hybridized carbons (Fsp3) is 0.769. The van der Waals surface area contributed by atoms with Crippen LogP contribution in [0.3, 0.4) is 0 Å². The van der Waals surface area contributed by atoms with Gasteiger partial charge in [-0.1, -0.05) is 26.2 Å². The molecule has 0 saturated heterocycles. The van der Waals surface area contributed by atoms with E-state index in [1.165, 1.54) is 19.3 Å². The SMILES string of the molecule is CCCCC[C@@H](O)CCCCn1ccnc1. The summed E-state index contributed by atoms with van der Waals surface area (Å²) in [6.07, 6.45) is 13.3. The summed E-state index contributed by atoms with van der Waals surface area (Å²) in [5.74, 6) is 0. The Bertz CT molecular complexity index is 246. The molecule has 0 radical (unpaired) electrons. The molecular weight excluding hydrogens is 200 g/mol. The first kappa shape index (κ1) is 13.2. The molecule has 1 aromatic heterocycles. The Labute approximate surface area is 98.5 Å². The van der Waals surface area contributed by atoms with Crippen LogP contribution in [0.2, 0.25) is 0 Å². The summed E-state index contributed by atoms with van der Waals surface area (Å²) in [6.45, 7) is 3.21. The van der Waals surface area contributed by atoms with Gasteiger partial charge in [0.2, 0.25) is 0 Å². The highest BCUT2D eigenvalue weighted by atomic mass is 16.3. The van der Waals surface area contributed by atoms with Gasteiger partial charge in [0.05, 0.1) is 12.4 Å². The highest BCUT2D eigenvalue weighted by Gasteiger charge is 2.03. The summed E-state index contributed by atoms with van der Waals surface area (Å²) in [5.41, 5.74) is 0. The van der Waals surface area contributed by atoms with E-state index in [2.05, 4.69) is 16.5 Å². The Morgan fingerprint density at radius 2 is 1.94 bits per heavy atom. The highest BCUT2D eigenvalue weighted by Crippen LogP contribution is 2.10. The average Bonchev–Trinajstić information content (AvgIpc) is 2.78. The van der Waals surface area contributed by atoms with Crippen LogP contribution in [0.15, 0.2) is 18.7 Å². The Balaban J connectivity index is 1.94. The molecule has 3 nitrogen and oxygen atoms in total. The second-order valence-electron chi connectivity index (χ2n) is 4.45. The van der Waals surface area contributed by atoms with Gasteiger partial charge in [0.1, 0.15) is 0 Å². The van der Waals surface area contributed by atoms with Gasteiger partial charge in [-0.25, -0.2) is 4.98 Å². The smallest absolute Gasteiger partial charge is 0.0945 e. The number of nitrogens with zero attached hydrogens (tertiary/aromatic N) is 2. The zero-order valence-electron chi connectivity index (χ0n) is 10.3. The molecule has 0 aromatic carbocycles. The summed E-state index contributed by atoms with van der Waals surface area (Å²) in [4.78, 5) is 4.00. The maximum absolute atomic E-state index is 9.71. The molecule has 1 atom stereocenters. The molecule has 0 aliphatic carbocycles. The van der Waals surface area contributed by atoms with E-state index >= 15 is 0 Å². The molecule has 0 unspecified atom stereocenters. The number of aliphatic hydroxyl groups is 1. The van der Waals surface area contributed by atoms with Crippen LogP contribution in [0.1, 0.15) is 51.9 Å². The van der Waals surface area contributed by atoms with E-state index in [4.69, 9.17) is 0 Å². The molecule has 1 aromatic rings. The van der Waals surface area contributed by atoms with Crippen molar-refractivity contribution in [2.75, 3.05) is 0 Å². The van der Waals surface area contributed by atoms with E-state index in [1.807, 2.05) is 12.5 Å². The number of hydrogen-bond donors (Lipinski definition) is 1.